The molecule has 28 heavy (non-hydrogen) atoms. The van der Waals surface area contributed by atoms with E-state index < -0.39 is 0 Å². The van der Waals surface area contributed by atoms with E-state index in [2.05, 4.69) is 26.5 Å². The average Bonchev–Trinajstić information content (AvgIpc) is 3.30. The maximum Gasteiger partial charge on any atom is 0.277 e. The van der Waals surface area contributed by atoms with Crippen molar-refractivity contribution < 1.29 is 14.1 Å². The van der Waals surface area contributed by atoms with Gasteiger partial charge in [-0.15, -0.1) is 0 Å². The third-order valence-electron chi connectivity index (χ3n) is 4.94. The number of rotatable bonds is 5. The van der Waals surface area contributed by atoms with Gasteiger partial charge in [-0.2, -0.15) is 5.10 Å². The van der Waals surface area contributed by atoms with Crippen molar-refractivity contribution >= 4 is 11.6 Å². The number of hydrogen-bond acceptors (Lipinski definition) is 6. The molecule has 1 aliphatic heterocycles. The maximum absolute atomic E-state index is 12.6. The van der Waals surface area contributed by atoms with Crippen molar-refractivity contribution in [3.8, 4) is 11.3 Å². The molecule has 0 radical (unpaired) electrons. The molecule has 3 aromatic rings. The van der Waals surface area contributed by atoms with Gasteiger partial charge in [-0.1, -0.05) is 17.3 Å². The van der Waals surface area contributed by atoms with Gasteiger partial charge in [0, 0.05) is 44.1 Å². The number of amides is 1. The van der Waals surface area contributed by atoms with E-state index in [4.69, 9.17) is 9.26 Å². The minimum Gasteiger partial charge on any atom is -0.379 e. The lowest BCUT2D eigenvalue weighted by Gasteiger charge is -2.26. The number of nitrogens with one attached hydrogen (secondary N) is 1. The van der Waals surface area contributed by atoms with Crippen LogP contribution in [0.2, 0.25) is 0 Å². The van der Waals surface area contributed by atoms with Crippen molar-refractivity contribution in [1.82, 2.24) is 19.8 Å². The normalized spacial score (nSPS) is 14.9. The van der Waals surface area contributed by atoms with Crippen LogP contribution >= 0.6 is 0 Å². The standard InChI is InChI=1S/C20H23N5O3/c1-14-17(12-21-24(14)2)19-11-18(23-28-19)20(26)22-16-5-3-4-15(10-16)13-25-6-8-27-9-7-25/h3-5,10-12H,6-9,13H2,1-2H3,(H,22,26). The van der Waals surface area contributed by atoms with Gasteiger partial charge in [0.2, 0.25) is 0 Å². The molecule has 0 aliphatic carbocycles. The van der Waals surface area contributed by atoms with Crippen LogP contribution in [0, 0.1) is 6.92 Å². The van der Waals surface area contributed by atoms with Crippen LogP contribution in [0.3, 0.4) is 0 Å². The first-order valence-corrected chi connectivity index (χ1v) is 9.26. The van der Waals surface area contributed by atoms with E-state index in [9.17, 15) is 4.79 Å². The summed E-state index contributed by atoms with van der Waals surface area (Å²) in [6.07, 6.45) is 1.70. The number of carbonyl (C=O) groups excluding carboxylic acids is 1. The molecule has 0 atom stereocenters. The quantitative estimate of drug-likeness (QED) is 0.731. The molecule has 4 rings (SSSR count). The predicted octanol–water partition coefficient (Wildman–Crippen LogP) is 2.47. The third kappa shape index (κ3) is 3.97. The minimum atomic E-state index is -0.305. The van der Waals surface area contributed by atoms with Crippen molar-refractivity contribution in [2.75, 3.05) is 31.6 Å². The topological polar surface area (TPSA) is 85.4 Å². The lowest BCUT2D eigenvalue weighted by atomic mass is 10.1. The number of ether oxygens (including phenoxy) is 1. The Morgan fingerprint density at radius 3 is 2.82 bits per heavy atom. The zero-order chi connectivity index (χ0) is 19.5. The Kier molecular flexibility index (Phi) is 5.23. The van der Waals surface area contributed by atoms with Crippen LogP contribution in [0.4, 0.5) is 5.69 Å². The van der Waals surface area contributed by atoms with Gasteiger partial charge < -0.3 is 14.6 Å². The smallest absolute Gasteiger partial charge is 0.277 e. The maximum atomic E-state index is 12.6. The van der Waals surface area contributed by atoms with Crippen LogP contribution in [0.15, 0.2) is 41.1 Å². The Morgan fingerprint density at radius 1 is 1.25 bits per heavy atom. The van der Waals surface area contributed by atoms with Crippen molar-refractivity contribution in [3.63, 3.8) is 0 Å². The van der Waals surface area contributed by atoms with Crippen LogP contribution in [-0.2, 0) is 18.3 Å². The third-order valence-corrected chi connectivity index (χ3v) is 4.94. The van der Waals surface area contributed by atoms with Crippen LogP contribution in [0.5, 0.6) is 0 Å². The molecule has 1 aromatic carbocycles. The summed E-state index contributed by atoms with van der Waals surface area (Å²) in [5.74, 6) is 0.219. The van der Waals surface area contributed by atoms with Crippen LogP contribution < -0.4 is 5.32 Å². The van der Waals surface area contributed by atoms with Gasteiger partial charge >= 0.3 is 0 Å². The number of carbonyl (C=O) groups is 1. The van der Waals surface area contributed by atoms with Crippen molar-refractivity contribution in [2.24, 2.45) is 7.05 Å². The number of nitrogens with zero attached hydrogens (tertiary/aromatic N) is 4. The van der Waals surface area contributed by atoms with Crippen LogP contribution in [0.1, 0.15) is 21.7 Å². The van der Waals surface area contributed by atoms with Gasteiger partial charge in [-0.3, -0.25) is 14.4 Å². The van der Waals surface area contributed by atoms with E-state index in [-0.39, 0.29) is 11.6 Å². The summed E-state index contributed by atoms with van der Waals surface area (Å²) in [5, 5.41) is 11.0. The van der Waals surface area contributed by atoms with Gasteiger partial charge in [0.15, 0.2) is 11.5 Å². The van der Waals surface area contributed by atoms with E-state index in [1.165, 1.54) is 0 Å². The highest BCUT2D eigenvalue weighted by molar-refractivity contribution is 6.03. The molecule has 0 bridgehead atoms. The molecule has 1 saturated heterocycles. The average molecular weight is 381 g/mol. The molecular formula is C20H23N5O3. The van der Waals surface area contributed by atoms with E-state index >= 15 is 0 Å². The largest absolute Gasteiger partial charge is 0.379 e. The summed E-state index contributed by atoms with van der Waals surface area (Å²) in [6.45, 7) is 6.15. The summed E-state index contributed by atoms with van der Waals surface area (Å²) in [6, 6.07) is 9.49. The molecule has 1 N–H and O–H groups in total. The Morgan fingerprint density at radius 2 is 2.07 bits per heavy atom. The molecule has 2 aromatic heterocycles. The first kappa shape index (κ1) is 18.4. The molecule has 0 saturated carbocycles. The summed E-state index contributed by atoms with van der Waals surface area (Å²) < 4.78 is 12.5. The highest BCUT2D eigenvalue weighted by Gasteiger charge is 2.17. The fourth-order valence-corrected chi connectivity index (χ4v) is 3.21. The fourth-order valence-electron chi connectivity index (χ4n) is 3.21. The number of benzene rings is 1. The number of hydrogen-bond donors (Lipinski definition) is 1. The number of aromatic nitrogens is 3. The Hall–Kier alpha value is -2.97. The summed E-state index contributed by atoms with van der Waals surface area (Å²) in [4.78, 5) is 14.9. The lowest BCUT2D eigenvalue weighted by Crippen LogP contribution is -2.35. The van der Waals surface area contributed by atoms with Gasteiger partial charge in [-0.25, -0.2) is 0 Å². The van der Waals surface area contributed by atoms with Gasteiger partial charge in [0.1, 0.15) is 0 Å². The highest BCUT2D eigenvalue weighted by Crippen LogP contribution is 2.24. The van der Waals surface area contributed by atoms with Gasteiger partial charge in [0.25, 0.3) is 5.91 Å². The zero-order valence-electron chi connectivity index (χ0n) is 16.0. The minimum absolute atomic E-state index is 0.233. The Bertz CT molecular complexity index is 972. The molecular weight excluding hydrogens is 358 g/mol. The molecule has 1 aliphatic rings. The van der Waals surface area contributed by atoms with Crippen molar-refractivity contribution in [2.45, 2.75) is 13.5 Å². The van der Waals surface area contributed by atoms with Crippen LogP contribution in [0.25, 0.3) is 11.3 Å². The Balaban J connectivity index is 1.44. The van der Waals surface area contributed by atoms with Crippen molar-refractivity contribution in [1.29, 1.82) is 0 Å². The van der Waals surface area contributed by atoms with Gasteiger partial charge in [0.05, 0.1) is 25.0 Å². The molecule has 146 valence electrons. The summed E-state index contributed by atoms with van der Waals surface area (Å²) in [7, 11) is 1.85. The molecule has 8 heteroatoms. The summed E-state index contributed by atoms with van der Waals surface area (Å²) in [5.41, 5.74) is 3.88. The highest BCUT2D eigenvalue weighted by atomic mass is 16.5. The molecule has 3 heterocycles. The second kappa shape index (κ2) is 7.95. The number of aryl methyl sites for hydroxylation is 1. The molecule has 0 spiro atoms. The second-order valence-corrected chi connectivity index (χ2v) is 6.89. The lowest BCUT2D eigenvalue weighted by molar-refractivity contribution is 0.0342. The monoisotopic (exact) mass is 381 g/mol. The first-order valence-electron chi connectivity index (χ1n) is 9.26. The summed E-state index contributed by atoms with van der Waals surface area (Å²) >= 11 is 0. The van der Waals surface area contributed by atoms with Crippen LogP contribution in [-0.4, -0.2) is 52.0 Å². The number of anilines is 1. The van der Waals surface area contributed by atoms with E-state index in [1.54, 1.807) is 16.9 Å². The second-order valence-electron chi connectivity index (χ2n) is 6.89. The molecule has 1 amide bonds. The van der Waals surface area contributed by atoms with Gasteiger partial charge in [-0.05, 0) is 24.6 Å². The van der Waals surface area contributed by atoms with E-state index in [0.717, 1.165) is 55.4 Å². The Labute approximate surface area is 163 Å². The fraction of sp³-hybridized carbons (Fsp3) is 0.350. The first-order chi connectivity index (χ1) is 13.6. The number of morpholine rings is 1. The molecule has 8 nitrogen and oxygen atoms in total. The predicted molar refractivity (Wildman–Crippen MR) is 104 cm³/mol. The SMILES string of the molecule is Cc1c(-c2cc(C(=O)Nc3cccc(CN4CCOCC4)c3)no2)cnn1C. The van der Waals surface area contributed by atoms with Crippen molar-refractivity contribution in [3.05, 3.63) is 53.5 Å². The van der Waals surface area contributed by atoms with E-state index in [0.29, 0.717) is 5.76 Å². The zero-order valence-corrected chi connectivity index (χ0v) is 16.0. The van der Waals surface area contributed by atoms with E-state index in [1.807, 2.05) is 32.2 Å². The molecule has 0 unspecified atom stereocenters. The molecule has 1 fully saturated rings.